The molecule has 16 heavy (non-hydrogen) atoms. The third-order valence-electron chi connectivity index (χ3n) is 2.66. The van der Waals surface area contributed by atoms with Crippen molar-refractivity contribution in [1.29, 1.82) is 0 Å². The third kappa shape index (κ3) is 1.94. The number of pyridine rings is 1. The molecule has 0 amide bonds. The second-order valence-electron chi connectivity index (χ2n) is 3.96. The first-order valence-corrected chi connectivity index (χ1v) is 5.55. The number of hydrogen-bond donors (Lipinski definition) is 1. The Labute approximate surface area is 94.7 Å². The Morgan fingerprint density at radius 2 is 2.12 bits per heavy atom. The molecular formula is C13H16N2O. The molecule has 3 nitrogen and oxygen atoms in total. The van der Waals surface area contributed by atoms with Gasteiger partial charge in [-0.1, -0.05) is 6.92 Å². The Kier molecular flexibility index (Phi) is 2.95. The van der Waals surface area contributed by atoms with Gasteiger partial charge in [0.25, 0.3) is 5.56 Å². The number of hydrogen-bond acceptors (Lipinski definition) is 2. The van der Waals surface area contributed by atoms with Crippen molar-refractivity contribution in [2.24, 2.45) is 7.05 Å². The number of benzene rings is 1. The molecule has 0 aliphatic carbocycles. The van der Waals surface area contributed by atoms with Crippen LogP contribution in [0.15, 0.2) is 35.3 Å². The second kappa shape index (κ2) is 4.39. The Balaban J connectivity index is 2.48. The fraction of sp³-hybridized carbons (Fsp3) is 0.308. The summed E-state index contributed by atoms with van der Waals surface area (Å²) in [6, 6.07) is 7.83. The van der Waals surface area contributed by atoms with Crippen molar-refractivity contribution in [3.05, 3.63) is 40.8 Å². The highest BCUT2D eigenvalue weighted by Gasteiger charge is 2.00. The van der Waals surface area contributed by atoms with Gasteiger partial charge in [-0.3, -0.25) is 4.79 Å². The average molecular weight is 216 g/mol. The van der Waals surface area contributed by atoms with Crippen LogP contribution in [0.1, 0.15) is 13.3 Å². The highest BCUT2D eigenvalue weighted by molar-refractivity contribution is 5.84. The normalized spacial score (nSPS) is 10.6. The molecule has 1 heterocycles. The van der Waals surface area contributed by atoms with Crippen molar-refractivity contribution >= 4 is 16.5 Å². The predicted molar refractivity (Wildman–Crippen MR) is 68.0 cm³/mol. The van der Waals surface area contributed by atoms with E-state index in [2.05, 4.69) is 12.2 Å². The number of fused-ring (bicyclic) bond motifs is 1. The molecule has 3 heteroatoms. The lowest BCUT2D eigenvalue weighted by Gasteiger charge is -2.06. The fourth-order valence-electron chi connectivity index (χ4n) is 1.72. The van der Waals surface area contributed by atoms with Gasteiger partial charge in [-0.15, -0.1) is 0 Å². The van der Waals surface area contributed by atoms with Gasteiger partial charge in [0, 0.05) is 30.9 Å². The molecule has 0 spiro atoms. The van der Waals surface area contributed by atoms with Crippen LogP contribution in [0.25, 0.3) is 10.8 Å². The lowest BCUT2D eigenvalue weighted by Crippen LogP contribution is -2.15. The van der Waals surface area contributed by atoms with Crippen LogP contribution >= 0.6 is 0 Å². The van der Waals surface area contributed by atoms with Crippen LogP contribution < -0.4 is 10.9 Å². The molecule has 0 fully saturated rings. The topological polar surface area (TPSA) is 34.0 Å². The zero-order valence-corrected chi connectivity index (χ0v) is 9.66. The van der Waals surface area contributed by atoms with Gasteiger partial charge in [-0.05, 0) is 36.1 Å². The van der Waals surface area contributed by atoms with Crippen LogP contribution in [0.3, 0.4) is 0 Å². The minimum absolute atomic E-state index is 0.0551. The standard InChI is InChI=1S/C13H16N2O/c1-3-7-14-11-4-5-12-10(9-11)6-8-15(2)13(12)16/h4-6,8-9,14H,3,7H2,1-2H3. The van der Waals surface area contributed by atoms with Gasteiger partial charge in [0.05, 0.1) is 0 Å². The average Bonchev–Trinajstić information content (AvgIpc) is 2.31. The van der Waals surface area contributed by atoms with Gasteiger partial charge >= 0.3 is 0 Å². The van der Waals surface area contributed by atoms with E-state index in [-0.39, 0.29) is 5.56 Å². The summed E-state index contributed by atoms with van der Waals surface area (Å²) in [6.07, 6.45) is 2.89. The number of aromatic nitrogens is 1. The van der Waals surface area contributed by atoms with E-state index in [0.29, 0.717) is 0 Å². The van der Waals surface area contributed by atoms with Crippen LogP contribution in [0, 0.1) is 0 Å². The lowest BCUT2D eigenvalue weighted by molar-refractivity contribution is 0.873. The molecule has 0 saturated heterocycles. The maximum atomic E-state index is 11.8. The maximum absolute atomic E-state index is 11.8. The van der Waals surface area contributed by atoms with E-state index in [1.165, 1.54) is 0 Å². The van der Waals surface area contributed by atoms with Crippen LogP contribution in [-0.4, -0.2) is 11.1 Å². The van der Waals surface area contributed by atoms with E-state index in [9.17, 15) is 4.79 Å². The molecule has 0 aliphatic rings. The van der Waals surface area contributed by atoms with E-state index >= 15 is 0 Å². The Morgan fingerprint density at radius 3 is 2.88 bits per heavy atom. The zero-order valence-electron chi connectivity index (χ0n) is 9.66. The lowest BCUT2D eigenvalue weighted by atomic mass is 10.1. The maximum Gasteiger partial charge on any atom is 0.258 e. The van der Waals surface area contributed by atoms with Gasteiger partial charge in [0.15, 0.2) is 0 Å². The zero-order chi connectivity index (χ0) is 11.5. The largest absolute Gasteiger partial charge is 0.385 e. The van der Waals surface area contributed by atoms with Gasteiger partial charge in [0.2, 0.25) is 0 Å². The molecule has 1 aromatic heterocycles. The minimum atomic E-state index is 0.0551. The van der Waals surface area contributed by atoms with Gasteiger partial charge < -0.3 is 9.88 Å². The van der Waals surface area contributed by atoms with Gasteiger partial charge in [0.1, 0.15) is 0 Å². The molecule has 0 saturated carbocycles. The number of aryl methyl sites for hydroxylation is 1. The van der Waals surface area contributed by atoms with Crippen LogP contribution in [-0.2, 0) is 7.05 Å². The SMILES string of the molecule is CCCNc1ccc2c(=O)n(C)ccc2c1. The summed E-state index contributed by atoms with van der Waals surface area (Å²) in [6.45, 7) is 3.08. The molecule has 0 radical (unpaired) electrons. The van der Waals surface area contributed by atoms with Crippen LogP contribution in [0.4, 0.5) is 5.69 Å². The first kappa shape index (κ1) is 10.7. The summed E-state index contributed by atoms with van der Waals surface area (Å²) in [7, 11) is 1.77. The van der Waals surface area contributed by atoms with Crippen molar-refractivity contribution in [3.63, 3.8) is 0 Å². The Morgan fingerprint density at radius 1 is 1.31 bits per heavy atom. The highest BCUT2D eigenvalue weighted by atomic mass is 16.1. The summed E-state index contributed by atoms with van der Waals surface area (Å²) < 4.78 is 1.60. The predicted octanol–water partition coefficient (Wildman–Crippen LogP) is 2.36. The van der Waals surface area contributed by atoms with Crippen LogP contribution in [0.5, 0.6) is 0 Å². The number of rotatable bonds is 3. The Bertz CT molecular complexity index is 557. The molecule has 2 rings (SSSR count). The summed E-state index contributed by atoms with van der Waals surface area (Å²) >= 11 is 0. The van der Waals surface area contributed by atoms with E-state index in [0.717, 1.165) is 29.4 Å². The summed E-state index contributed by atoms with van der Waals surface area (Å²) in [5.41, 5.74) is 1.13. The van der Waals surface area contributed by atoms with Crippen molar-refractivity contribution in [1.82, 2.24) is 4.57 Å². The van der Waals surface area contributed by atoms with E-state index in [4.69, 9.17) is 0 Å². The van der Waals surface area contributed by atoms with E-state index in [1.54, 1.807) is 17.8 Å². The fourth-order valence-corrected chi connectivity index (χ4v) is 1.72. The third-order valence-corrected chi connectivity index (χ3v) is 2.66. The molecule has 0 unspecified atom stereocenters. The molecular weight excluding hydrogens is 200 g/mol. The van der Waals surface area contributed by atoms with Crippen molar-refractivity contribution < 1.29 is 0 Å². The number of anilines is 1. The van der Waals surface area contributed by atoms with Gasteiger partial charge in [-0.25, -0.2) is 0 Å². The van der Waals surface area contributed by atoms with Crippen molar-refractivity contribution in [2.75, 3.05) is 11.9 Å². The summed E-state index contributed by atoms with van der Waals surface area (Å²) in [5.74, 6) is 0. The molecule has 1 N–H and O–H groups in total. The second-order valence-corrected chi connectivity index (χ2v) is 3.96. The van der Waals surface area contributed by atoms with E-state index < -0.39 is 0 Å². The minimum Gasteiger partial charge on any atom is -0.385 e. The van der Waals surface area contributed by atoms with E-state index in [1.807, 2.05) is 24.3 Å². The molecule has 0 bridgehead atoms. The highest BCUT2D eigenvalue weighted by Crippen LogP contribution is 2.15. The molecule has 0 aliphatic heterocycles. The monoisotopic (exact) mass is 216 g/mol. The number of nitrogens with zero attached hydrogens (tertiary/aromatic N) is 1. The molecule has 2 aromatic rings. The quantitative estimate of drug-likeness (QED) is 0.854. The number of nitrogens with one attached hydrogen (secondary N) is 1. The molecule has 1 aromatic carbocycles. The van der Waals surface area contributed by atoms with Gasteiger partial charge in [-0.2, -0.15) is 0 Å². The van der Waals surface area contributed by atoms with Crippen molar-refractivity contribution in [2.45, 2.75) is 13.3 Å². The first-order chi connectivity index (χ1) is 7.72. The molecule has 84 valence electrons. The molecule has 0 atom stereocenters. The summed E-state index contributed by atoms with van der Waals surface area (Å²) in [5, 5.41) is 5.07. The van der Waals surface area contributed by atoms with Crippen molar-refractivity contribution in [3.8, 4) is 0 Å². The first-order valence-electron chi connectivity index (χ1n) is 5.55. The Hall–Kier alpha value is -1.77. The van der Waals surface area contributed by atoms with Crippen LogP contribution in [0.2, 0.25) is 0 Å². The smallest absolute Gasteiger partial charge is 0.258 e. The summed E-state index contributed by atoms with van der Waals surface area (Å²) in [4.78, 5) is 11.8.